The van der Waals surface area contributed by atoms with Crippen molar-refractivity contribution in [2.24, 2.45) is 13.0 Å². The van der Waals surface area contributed by atoms with E-state index < -0.39 is 0 Å². The summed E-state index contributed by atoms with van der Waals surface area (Å²) in [6, 6.07) is 9.30. The van der Waals surface area contributed by atoms with E-state index in [2.05, 4.69) is 44.7 Å². The maximum atomic E-state index is 11.7. The summed E-state index contributed by atoms with van der Waals surface area (Å²) in [4.78, 5) is 33.2. The number of hydrogen-bond donors (Lipinski definition) is 3. The first-order valence-corrected chi connectivity index (χ1v) is 12.7. The highest BCUT2D eigenvalue weighted by molar-refractivity contribution is 5.96. The molecule has 4 N–H and O–H groups in total. The smallest absolute Gasteiger partial charge is 0.273 e. The monoisotopic (exact) mass is 506 g/mol. The second-order valence-electron chi connectivity index (χ2n) is 9.55. The number of unbranched alkanes of at least 4 members (excludes halogenated alkanes) is 2. The average Bonchev–Trinajstić information content (AvgIpc) is 3.66. The number of carbonyl (C=O) groups excluding carboxylic acids is 2. The number of aryl methyl sites for hydroxylation is 1. The Balaban J connectivity index is 0.000000206. The van der Waals surface area contributed by atoms with E-state index in [4.69, 9.17) is 5.73 Å². The molecule has 198 valence electrons. The Hall–Kier alpha value is -3.79. The number of amides is 1. The van der Waals surface area contributed by atoms with Crippen LogP contribution in [0.2, 0.25) is 0 Å². The van der Waals surface area contributed by atoms with Crippen LogP contribution in [0.5, 0.6) is 0 Å². The van der Waals surface area contributed by atoms with Crippen LogP contribution in [0.15, 0.2) is 42.7 Å². The molecule has 3 aromatic rings. The fraction of sp³-hybridized carbons (Fsp3) is 0.444. The Morgan fingerprint density at radius 2 is 2.03 bits per heavy atom. The van der Waals surface area contributed by atoms with Crippen LogP contribution in [0.4, 0.5) is 11.5 Å². The lowest BCUT2D eigenvalue weighted by Gasteiger charge is -2.08. The van der Waals surface area contributed by atoms with Crippen LogP contribution in [0.3, 0.4) is 0 Å². The first kappa shape index (κ1) is 27.8. The molecule has 37 heavy (non-hydrogen) atoms. The van der Waals surface area contributed by atoms with Crippen molar-refractivity contribution in [2.75, 3.05) is 44.8 Å². The van der Waals surface area contributed by atoms with Crippen molar-refractivity contribution >= 4 is 23.7 Å². The minimum absolute atomic E-state index is 0.194. The molecular formula is C27H38N8O2. The highest BCUT2D eigenvalue weighted by Crippen LogP contribution is 2.29. The molecule has 0 aromatic carbocycles. The molecule has 0 spiro atoms. The molecule has 1 fully saturated rings. The number of aromatic nitrogens is 4. The molecule has 0 saturated heterocycles. The Labute approximate surface area is 218 Å². The zero-order chi connectivity index (χ0) is 26.6. The number of nitrogens with two attached hydrogens (primary N) is 1. The molecular weight excluding hydrogens is 468 g/mol. The summed E-state index contributed by atoms with van der Waals surface area (Å²) in [5, 5.41) is 10.2. The number of pyridine rings is 2. The van der Waals surface area contributed by atoms with Crippen LogP contribution in [0.25, 0.3) is 11.3 Å². The maximum Gasteiger partial charge on any atom is 0.273 e. The predicted molar refractivity (Wildman–Crippen MR) is 146 cm³/mol. The molecule has 3 aromatic heterocycles. The van der Waals surface area contributed by atoms with Crippen molar-refractivity contribution in [1.29, 1.82) is 0 Å². The molecule has 10 heteroatoms. The van der Waals surface area contributed by atoms with Gasteiger partial charge in [-0.1, -0.05) is 12.5 Å². The summed E-state index contributed by atoms with van der Waals surface area (Å²) in [5.41, 5.74) is 8.62. The lowest BCUT2D eigenvalue weighted by molar-refractivity contribution is 0.0947. The quantitative estimate of drug-likeness (QED) is 0.252. The first-order valence-electron chi connectivity index (χ1n) is 12.7. The average molecular weight is 507 g/mol. The van der Waals surface area contributed by atoms with Gasteiger partial charge >= 0.3 is 0 Å². The molecule has 3 heterocycles. The zero-order valence-corrected chi connectivity index (χ0v) is 22.0. The number of anilines is 2. The zero-order valence-electron chi connectivity index (χ0n) is 22.0. The highest BCUT2D eigenvalue weighted by atomic mass is 16.2. The van der Waals surface area contributed by atoms with Crippen molar-refractivity contribution in [1.82, 2.24) is 30.0 Å². The highest BCUT2D eigenvalue weighted by Gasteiger charge is 2.20. The molecule has 1 saturated carbocycles. The third kappa shape index (κ3) is 9.64. The van der Waals surface area contributed by atoms with Crippen LogP contribution < -0.4 is 16.4 Å². The van der Waals surface area contributed by atoms with Gasteiger partial charge in [-0.05, 0) is 76.5 Å². The minimum Gasteiger partial charge on any atom is -0.396 e. The van der Waals surface area contributed by atoms with E-state index in [0.717, 1.165) is 61.6 Å². The molecule has 0 radical (unpaired) electrons. The van der Waals surface area contributed by atoms with E-state index in [1.807, 2.05) is 24.3 Å². The summed E-state index contributed by atoms with van der Waals surface area (Å²) in [6.07, 6.45) is 10.0. The van der Waals surface area contributed by atoms with Gasteiger partial charge in [0.25, 0.3) is 5.91 Å². The second kappa shape index (κ2) is 14.1. The van der Waals surface area contributed by atoms with Crippen LogP contribution >= 0.6 is 0 Å². The summed E-state index contributed by atoms with van der Waals surface area (Å²) >= 11 is 0. The van der Waals surface area contributed by atoms with Gasteiger partial charge in [-0.3, -0.25) is 14.3 Å². The fourth-order valence-electron chi connectivity index (χ4n) is 3.63. The normalized spacial score (nSPS) is 12.5. The van der Waals surface area contributed by atoms with E-state index >= 15 is 0 Å². The second-order valence-corrected chi connectivity index (χ2v) is 9.55. The first-order chi connectivity index (χ1) is 17.9. The molecule has 0 aliphatic heterocycles. The summed E-state index contributed by atoms with van der Waals surface area (Å²) in [6.45, 7) is 2.74. The van der Waals surface area contributed by atoms with Gasteiger partial charge in [-0.2, -0.15) is 5.10 Å². The van der Waals surface area contributed by atoms with Gasteiger partial charge in [0.1, 0.15) is 11.5 Å². The van der Waals surface area contributed by atoms with Gasteiger partial charge in [0, 0.05) is 38.1 Å². The Morgan fingerprint density at radius 3 is 2.70 bits per heavy atom. The summed E-state index contributed by atoms with van der Waals surface area (Å²) in [5.74, 6) is 1.48. The number of nitrogen functional groups attached to an aromatic ring is 1. The van der Waals surface area contributed by atoms with Gasteiger partial charge in [-0.15, -0.1) is 0 Å². The van der Waals surface area contributed by atoms with Crippen LogP contribution in [-0.4, -0.2) is 70.6 Å². The topological polar surface area (TPSA) is 131 Å². The molecule has 10 nitrogen and oxygen atoms in total. The number of nitrogens with one attached hydrogen (secondary N) is 2. The third-order valence-corrected chi connectivity index (χ3v) is 5.86. The van der Waals surface area contributed by atoms with Crippen molar-refractivity contribution < 1.29 is 9.59 Å². The van der Waals surface area contributed by atoms with E-state index in [-0.39, 0.29) is 5.91 Å². The van der Waals surface area contributed by atoms with Gasteiger partial charge in [0.2, 0.25) is 0 Å². The number of rotatable bonds is 12. The predicted octanol–water partition coefficient (Wildman–Crippen LogP) is 3.24. The van der Waals surface area contributed by atoms with E-state index in [9.17, 15) is 9.59 Å². The van der Waals surface area contributed by atoms with E-state index in [0.29, 0.717) is 23.6 Å². The molecule has 1 aliphatic rings. The lowest BCUT2D eigenvalue weighted by Crippen LogP contribution is -2.26. The Bertz CT molecular complexity index is 1160. The molecule has 1 amide bonds. The van der Waals surface area contributed by atoms with Crippen molar-refractivity contribution in [3.8, 4) is 11.3 Å². The molecule has 1 aliphatic carbocycles. The largest absolute Gasteiger partial charge is 0.396 e. The maximum absolute atomic E-state index is 11.7. The Morgan fingerprint density at radius 1 is 1.22 bits per heavy atom. The third-order valence-electron chi connectivity index (χ3n) is 5.86. The number of aldehydes is 1. The molecule has 0 atom stereocenters. The van der Waals surface area contributed by atoms with Gasteiger partial charge < -0.3 is 21.3 Å². The van der Waals surface area contributed by atoms with Gasteiger partial charge in [0.15, 0.2) is 12.0 Å². The number of hydrogen-bond acceptors (Lipinski definition) is 8. The SMILES string of the molecule is CN(C)CCCCCNC(=O)c1nn(C)cc1N.O=Cc1cccc(-c2ccnc(NCC3CC3)c2)n1. The summed E-state index contributed by atoms with van der Waals surface area (Å²) < 4.78 is 1.54. The van der Waals surface area contributed by atoms with E-state index in [1.165, 1.54) is 12.8 Å². The van der Waals surface area contributed by atoms with Crippen molar-refractivity contribution in [3.05, 3.63) is 54.1 Å². The van der Waals surface area contributed by atoms with Crippen LogP contribution in [0.1, 0.15) is 53.1 Å². The number of nitrogens with zero attached hydrogens (tertiary/aromatic N) is 5. The Kier molecular flexibility index (Phi) is 10.6. The van der Waals surface area contributed by atoms with Crippen LogP contribution in [-0.2, 0) is 7.05 Å². The number of carbonyl (C=O) groups is 2. The standard InChI is InChI=1S/C15H15N3O.C12H23N5O/c19-10-13-2-1-3-14(18-13)12-6-7-16-15(8-12)17-9-11-4-5-11;1-16(2)8-6-4-5-7-14-12(18)11-10(13)9-17(3)15-11/h1-3,6-8,10-11H,4-5,9H2,(H,16,17);9H,4-8,13H2,1-3H3,(H,14,18). The van der Waals surface area contributed by atoms with Crippen molar-refractivity contribution in [2.45, 2.75) is 32.1 Å². The van der Waals surface area contributed by atoms with Gasteiger partial charge in [-0.25, -0.2) is 9.97 Å². The van der Waals surface area contributed by atoms with Gasteiger partial charge in [0.05, 0.1) is 11.4 Å². The summed E-state index contributed by atoms with van der Waals surface area (Å²) in [7, 11) is 5.87. The lowest BCUT2D eigenvalue weighted by atomic mass is 10.1. The molecule has 0 bridgehead atoms. The fourth-order valence-corrected chi connectivity index (χ4v) is 3.63. The van der Waals surface area contributed by atoms with Crippen LogP contribution in [0, 0.1) is 5.92 Å². The molecule has 4 rings (SSSR count). The van der Waals surface area contributed by atoms with Crippen molar-refractivity contribution in [3.63, 3.8) is 0 Å². The minimum atomic E-state index is -0.194. The molecule has 0 unspecified atom stereocenters. The van der Waals surface area contributed by atoms with E-state index in [1.54, 1.807) is 30.2 Å².